The summed E-state index contributed by atoms with van der Waals surface area (Å²) in [5, 5.41) is 1.37. The Hall–Kier alpha value is -2.12. The number of aryl methyl sites for hydroxylation is 2. The van der Waals surface area contributed by atoms with E-state index in [1.165, 1.54) is 28.6 Å². The molecule has 7 heteroatoms. The quantitative estimate of drug-likeness (QED) is 0.343. The van der Waals surface area contributed by atoms with E-state index in [2.05, 4.69) is 0 Å². The molecule has 0 unspecified atom stereocenters. The predicted octanol–water partition coefficient (Wildman–Crippen LogP) is 4.25. The maximum atomic E-state index is 12.9. The highest BCUT2D eigenvalue weighted by Crippen LogP contribution is 2.34. The fourth-order valence-corrected chi connectivity index (χ4v) is 5.68. The second-order valence-electron chi connectivity index (χ2n) is 6.82. The number of rotatable bonds is 6. The third kappa shape index (κ3) is 3.61. The number of thioether (sulfide) groups is 1. The third-order valence-corrected chi connectivity index (χ3v) is 7.19. The van der Waals surface area contributed by atoms with Gasteiger partial charge in [0.1, 0.15) is 10.6 Å². The van der Waals surface area contributed by atoms with Gasteiger partial charge in [0.15, 0.2) is 10.9 Å². The first kappa shape index (κ1) is 19.2. The zero-order valence-electron chi connectivity index (χ0n) is 16.0. The van der Waals surface area contributed by atoms with Crippen LogP contribution in [0.3, 0.4) is 0 Å². The summed E-state index contributed by atoms with van der Waals surface area (Å²) in [7, 11) is 1.74. The minimum atomic E-state index is 0.000385. The molecule has 0 saturated heterocycles. The van der Waals surface area contributed by atoms with Crippen LogP contribution < -0.4 is 10.3 Å². The Labute approximate surface area is 171 Å². The van der Waals surface area contributed by atoms with Crippen molar-refractivity contribution in [1.29, 1.82) is 0 Å². The first-order chi connectivity index (χ1) is 13.6. The Bertz CT molecular complexity index is 1080. The van der Waals surface area contributed by atoms with Gasteiger partial charge >= 0.3 is 0 Å². The Morgan fingerprint density at radius 1 is 1.25 bits per heavy atom. The molecule has 5 nitrogen and oxygen atoms in total. The van der Waals surface area contributed by atoms with Crippen molar-refractivity contribution >= 4 is 39.1 Å². The Morgan fingerprint density at radius 3 is 2.75 bits per heavy atom. The summed E-state index contributed by atoms with van der Waals surface area (Å²) in [6.07, 6.45) is 4.32. The van der Waals surface area contributed by atoms with E-state index in [9.17, 15) is 9.59 Å². The molecule has 146 valence electrons. The van der Waals surface area contributed by atoms with E-state index >= 15 is 0 Å². The van der Waals surface area contributed by atoms with Gasteiger partial charge in [-0.05, 0) is 62.4 Å². The normalized spacial score (nSPS) is 13.5. The summed E-state index contributed by atoms with van der Waals surface area (Å²) < 4.78 is 6.99. The van der Waals surface area contributed by atoms with Crippen molar-refractivity contribution in [3.63, 3.8) is 0 Å². The minimum Gasteiger partial charge on any atom is -0.494 e. The van der Waals surface area contributed by atoms with Crippen LogP contribution in [0.15, 0.2) is 34.2 Å². The number of fused-ring (bicyclic) bond motifs is 3. The number of ketones is 1. The maximum Gasteiger partial charge on any atom is 0.262 e. The molecular formula is C21H22N2O3S2. The number of Topliss-reactive ketones (excluding diaryl/α,β-unsaturated/α-hetero) is 1. The van der Waals surface area contributed by atoms with Crippen molar-refractivity contribution in [2.75, 3.05) is 12.4 Å². The molecule has 4 rings (SSSR count). The van der Waals surface area contributed by atoms with Gasteiger partial charge in [-0.3, -0.25) is 14.2 Å². The van der Waals surface area contributed by atoms with E-state index in [4.69, 9.17) is 9.72 Å². The van der Waals surface area contributed by atoms with Crippen LogP contribution >= 0.6 is 23.1 Å². The number of hydrogen-bond acceptors (Lipinski definition) is 6. The molecule has 0 spiro atoms. The molecule has 0 aliphatic heterocycles. The van der Waals surface area contributed by atoms with Gasteiger partial charge in [0.2, 0.25) is 0 Å². The third-order valence-electron chi connectivity index (χ3n) is 4.97. The zero-order valence-corrected chi connectivity index (χ0v) is 17.6. The Kier molecular flexibility index (Phi) is 5.55. The van der Waals surface area contributed by atoms with Crippen molar-refractivity contribution in [2.45, 2.75) is 37.8 Å². The van der Waals surface area contributed by atoms with Crippen molar-refractivity contribution in [3.8, 4) is 5.75 Å². The van der Waals surface area contributed by atoms with Crippen LogP contribution in [0.1, 0.15) is 40.6 Å². The van der Waals surface area contributed by atoms with Crippen molar-refractivity contribution < 1.29 is 9.53 Å². The molecule has 28 heavy (non-hydrogen) atoms. The fourth-order valence-electron chi connectivity index (χ4n) is 3.51. The van der Waals surface area contributed by atoms with Crippen LogP contribution in [0.5, 0.6) is 5.75 Å². The number of nitrogens with zero attached hydrogens (tertiary/aromatic N) is 2. The van der Waals surface area contributed by atoms with E-state index in [0.29, 0.717) is 17.3 Å². The molecule has 2 heterocycles. The van der Waals surface area contributed by atoms with Crippen LogP contribution in [0.25, 0.3) is 10.2 Å². The van der Waals surface area contributed by atoms with Gasteiger partial charge in [-0.1, -0.05) is 11.8 Å². The largest absolute Gasteiger partial charge is 0.494 e. The van der Waals surface area contributed by atoms with Crippen LogP contribution in [-0.4, -0.2) is 27.7 Å². The van der Waals surface area contributed by atoms with Gasteiger partial charge in [-0.15, -0.1) is 11.3 Å². The Morgan fingerprint density at radius 2 is 2.00 bits per heavy atom. The zero-order chi connectivity index (χ0) is 19.7. The number of aromatic nitrogens is 2. The lowest BCUT2D eigenvalue weighted by Crippen LogP contribution is -2.21. The Balaban J connectivity index is 1.55. The average Bonchev–Trinajstić information content (AvgIpc) is 3.08. The monoisotopic (exact) mass is 414 g/mol. The van der Waals surface area contributed by atoms with Gasteiger partial charge in [-0.2, -0.15) is 0 Å². The molecule has 0 fully saturated rings. The van der Waals surface area contributed by atoms with Gasteiger partial charge < -0.3 is 4.74 Å². The highest BCUT2D eigenvalue weighted by atomic mass is 32.2. The highest BCUT2D eigenvalue weighted by molar-refractivity contribution is 7.99. The van der Waals surface area contributed by atoms with E-state index in [1.807, 2.05) is 6.92 Å². The first-order valence-corrected chi connectivity index (χ1v) is 11.3. The predicted molar refractivity (Wildman–Crippen MR) is 114 cm³/mol. The summed E-state index contributed by atoms with van der Waals surface area (Å²) in [5.41, 5.74) is 1.83. The summed E-state index contributed by atoms with van der Waals surface area (Å²) in [5.74, 6) is 1.00. The number of ether oxygens (including phenoxy) is 1. The lowest BCUT2D eigenvalue weighted by Gasteiger charge is -2.10. The smallest absolute Gasteiger partial charge is 0.262 e. The molecular weight excluding hydrogens is 392 g/mol. The van der Waals surface area contributed by atoms with Gasteiger partial charge in [0, 0.05) is 17.5 Å². The number of carbonyl (C=O) groups is 1. The molecule has 2 aromatic heterocycles. The molecule has 1 aliphatic rings. The summed E-state index contributed by atoms with van der Waals surface area (Å²) in [4.78, 5) is 32.3. The second-order valence-corrected chi connectivity index (χ2v) is 8.84. The molecule has 0 atom stereocenters. The molecule has 3 aromatic rings. The minimum absolute atomic E-state index is 0.000385. The van der Waals surface area contributed by atoms with E-state index in [0.717, 1.165) is 35.2 Å². The molecule has 1 aliphatic carbocycles. The second kappa shape index (κ2) is 8.09. The highest BCUT2D eigenvalue weighted by Gasteiger charge is 2.21. The molecule has 0 saturated carbocycles. The van der Waals surface area contributed by atoms with Gasteiger partial charge in [-0.25, -0.2) is 4.98 Å². The van der Waals surface area contributed by atoms with Crippen LogP contribution in [-0.2, 0) is 19.9 Å². The summed E-state index contributed by atoms with van der Waals surface area (Å²) in [6, 6.07) is 7.16. The number of benzene rings is 1. The fraction of sp³-hybridized carbons (Fsp3) is 0.381. The number of carbonyl (C=O) groups excluding carboxylic acids is 1. The molecule has 0 amide bonds. The molecule has 0 bridgehead atoms. The SMILES string of the molecule is CCOc1ccc(C(=O)CSc2nc3sc4c(c3c(=O)n2C)CCCC4)cc1. The maximum absolute atomic E-state index is 12.9. The lowest BCUT2D eigenvalue weighted by atomic mass is 9.97. The topological polar surface area (TPSA) is 61.2 Å². The van der Waals surface area contributed by atoms with Crippen LogP contribution in [0.2, 0.25) is 0 Å². The molecule has 0 N–H and O–H groups in total. The van der Waals surface area contributed by atoms with Crippen LogP contribution in [0.4, 0.5) is 0 Å². The van der Waals surface area contributed by atoms with Crippen LogP contribution in [0, 0.1) is 0 Å². The van der Waals surface area contributed by atoms with E-state index in [-0.39, 0.29) is 17.1 Å². The first-order valence-electron chi connectivity index (χ1n) is 9.48. The van der Waals surface area contributed by atoms with Crippen molar-refractivity contribution in [3.05, 3.63) is 50.6 Å². The van der Waals surface area contributed by atoms with E-state index in [1.54, 1.807) is 47.2 Å². The number of hydrogen-bond donors (Lipinski definition) is 0. The summed E-state index contributed by atoms with van der Waals surface area (Å²) in [6.45, 7) is 2.52. The van der Waals surface area contributed by atoms with Gasteiger partial charge in [0.25, 0.3) is 5.56 Å². The van der Waals surface area contributed by atoms with Gasteiger partial charge in [0.05, 0.1) is 17.7 Å². The number of thiophene rings is 1. The molecule has 0 radical (unpaired) electrons. The lowest BCUT2D eigenvalue weighted by molar-refractivity contribution is 0.102. The average molecular weight is 415 g/mol. The van der Waals surface area contributed by atoms with E-state index < -0.39 is 0 Å². The van der Waals surface area contributed by atoms with Crippen molar-refractivity contribution in [2.24, 2.45) is 7.05 Å². The van der Waals surface area contributed by atoms with Crippen molar-refractivity contribution in [1.82, 2.24) is 9.55 Å². The molecule has 1 aromatic carbocycles. The summed E-state index contributed by atoms with van der Waals surface area (Å²) >= 11 is 2.95. The standard InChI is InChI=1S/C21H22N2O3S2/c1-3-26-14-10-8-13(9-11-14)16(24)12-27-21-22-19-18(20(25)23(21)2)15-6-4-5-7-17(15)28-19/h8-11H,3-7,12H2,1-2H3.